The van der Waals surface area contributed by atoms with Gasteiger partial charge in [0.2, 0.25) is 0 Å². The maximum atomic E-state index is 13.8. The van der Waals surface area contributed by atoms with Crippen LogP contribution in [0.4, 0.5) is 14.6 Å². The van der Waals surface area contributed by atoms with Crippen LogP contribution < -0.4 is 10.2 Å². The molecule has 2 heterocycles. The second-order valence-electron chi connectivity index (χ2n) is 5.41. The van der Waals surface area contributed by atoms with Crippen LogP contribution in [0.15, 0.2) is 42.6 Å². The van der Waals surface area contributed by atoms with E-state index in [9.17, 15) is 13.6 Å². The Morgan fingerprint density at radius 2 is 2.13 bits per heavy atom. The van der Waals surface area contributed by atoms with Gasteiger partial charge in [-0.05, 0) is 24.3 Å². The Morgan fingerprint density at radius 3 is 2.87 bits per heavy atom. The average Bonchev–Trinajstić information content (AvgIpc) is 2.95. The Balaban J connectivity index is 1.67. The van der Waals surface area contributed by atoms with Crippen LogP contribution in [-0.2, 0) is 0 Å². The van der Waals surface area contributed by atoms with Crippen LogP contribution in [0.2, 0.25) is 0 Å². The second kappa shape index (κ2) is 6.68. The number of hydrogen-bond acceptors (Lipinski definition) is 4. The molecule has 0 spiro atoms. The molecule has 23 heavy (non-hydrogen) atoms. The van der Waals surface area contributed by atoms with Crippen LogP contribution in [0.5, 0.6) is 0 Å². The summed E-state index contributed by atoms with van der Waals surface area (Å²) in [5, 5.41) is 10.4. The lowest BCUT2D eigenvalue weighted by molar-refractivity contribution is 0.0947. The van der Waals surface area contributed by atoms with Crippen LogP contribution in [0.25, 0.3) is 0 Å². The summed E-state index contributed by atoms with van der Waals surface area (Å²) in [6.45, 7) is 0.420. The molecular weight excluding hydrogens is 302 g/mol. The fraction of sp³-hybridized carbons (Fsp3) is 0.312. The Hall–Kier alpha value is -2.57. The van der Waals surface area contributed by atoms with Crippen molar-refractivity contribution in [2.45, 2.75) is 18.6 Å². The predicted molar refractivity (Wildman–Crippen MR) is 81.4 cm³/mol. The number of halogens is 2. The number of carbonyl (C=O) groups excluding carboxylic acids is 1. The predicted octanol–water partition coefficient (Wildman–Crippen LogP) is 1.96. The molecule has 5 nitrogen and oxygen atoms in total. The highest BCUT2D eigenvalue weighted by Gasteiger charge is 2.33. The van der Waals surface area contributed by atoms with E-state index in [1.54, 1.807) is 29.3 Å². The average molecular weight is 318 g/mol. The summed E-state index contributed by atoms with van der Waals surface area (Å²) in [5.74, 6) is -0.520. The Morgan fingerprint density at radius 1 is 1.30 bits per heavy atom. The van der Waals surface area contributed by atoms with E-state index in [4.69, 9.17) is 0 Å². The largest absolute Gasteiger partial charge is 0.350 e. The molecule has 1 saturated heterocycles. The molecule has 2 atom stereocenters. The first-order chi connectivity index (χ1) is 11.1. The molecule has 0 saturated carbocycles. The van der Waals surface area contributed by atoms with Gasteiger partial charge in [0.15, 0.2) is 5.82 Å². The molecule has 7 heteroatoms. The van der Waals surface area contributed by atoms with Gasteiger partial charge < -0.3 is 10.2 Å². The monoisotopic (exact) mass is 318 g/mol. The number of amides is 1. The van der Waals surface area contributed by atoms with Crippen molar-refractivity contribution in [3.05, 3.63) is 54.0 Å². The molecule has 0 unspecified atom stereocenters. The van der Waals surface area contributed by atoms with Gasteiger partial charge >= 0.3 is 0 Å². The van der Waals surface area contributed by atoms with Crippen molar-refractivity contribution in [3.63, 3.8) is 0 Å². The maximum Gasteiger partial charge on any atom is 0.254 e. The molecule has 0 radical (unpaired) electrons. The van der Waals surface area contributed by atoms with Gasteiger partial charge in [0.25, 0.3) is 5.91 Å². The Kier molecular flexibility index (Phi) is 4.45. The SMILES string of the molecule is O=C(NC[C@@H]1C[C@H](F)CN1c1cccnn1)c1ccccc1F. The van der Waals surface area contributed by atoms with Crippen molar-refractivity contribution in [2.24, 2.45) is 0 Å². The van der Waals surface area contributed by atoms with Gasteiger partial charge in [-0.15, -0.1) is 5.10 Å². The number of alkyl halides is 1. The molecule has 1 aliphatic rings. The number of nitrogens with zero attached hydrogens (tertiary/aromatic N) is 3. The number of benzene rings is 1. The first-order valence-electron chi connectivity index (χ1n) is 7.36. The van der Waals surface area contributed by atoms with Crippen molar-refractivity contribution in [2.75, 3.05) is 18.0 Å². The molecule has 120 valence electrons. The summed E-state index contributed by atoms with van der Waals surface area (Å²) >= 11 is 0. The molecule has 1 aromatic carbocycles. The lowest BCUT2D eigenvalue weighted by Gasteiger charge is -2.24. The zero-order valence-electron chi connectivity index (χ0n) is 12.3. The van der Waals surface area contributed by atoms with Crippen molar-refractivity contribution in [1.29, 1.82) is 0 Å². The molecule has 3 rings (SSSR count). The third-order valence-electron chi connectivity index (χ3n) is 3.83. The fourth-order valence-electron chi connectivity index (χ4n) is 2.73. The zero-order valence-corrected chi connectivity index (χ0v) is 12.3. The third kappa shape index (κ3) is 3.44. The van der Waals surface area contributed by atoms with E-state index in [-0.39, 0.29) is 31.1 Å². The van der Waals surface area contributed by atoms with E-state index >= 15 is 0 Å². The lowest BCUT2D eigenvalue weighted by atomic mass is 10.1. The minimum atomic E-state index is -0.993. The normalized spacial score (nSPS) is 20.5. The minimum Gasteiger partial charge on any atom is -0.350 e. The molecule has 1 N–H and O–H groups in total. The van der Waals surface area contributed by atoms with Crippen molar-refractivity contribution >= 4 is 11.7 Å². The highest BCUT2D eigenvalue weighted by molar-refractivity contribution is 5.94. The van der Waals surface area contributed by atoms with Crippen molar-refractivity contribution in [1.82, 2.24) is 15.5 Å². The van der Waals surface area contributed by atoms with Gasteiger partial charge in [0.1, 0.15) is 12.0 Å². The summed E-state index contributed by atoms with van der Waals surface area (Å²) < 4.78 is 27.4. The first kappa shape index (κ1) is 15.3. The summed E-state index contributed by atoms with van der Waals surface area (Å²) in [5.41, 5.74) is -0.0200. The Labute approximate surface area is 132 Å². The highest BCUT2D eigenvalue weighted by Crippen LogP contribution is 2.24. The quantitative estimate of drug-likeness (QED) is 0.936. The van der Waals surface area contributed by atoms with Gasteiger partial charge in [0.05, 0.1) is 18.2 Å². The summed E-state index contributed by atoms with van der Waals surface area (Å²) in [4.78, 5) is 13.8. The van der Waals surface area contributed by atoms with Crippen LogP contribution >= 0.6 is 0 Å². The van der Waals surface area contributed by atoms with E-state index in [0.29, 0.717) is 5.82 Å². The standard InChI is InChI=1S/C16H16F2N4O/c17-11-8-12(22(10-11)15-6-3-7-20-21-15)9-19-16(23)13-4-1-2-5-14(13)18/h1-7,11-12H,8-10H2,(H,19,23)/t11-,12-/m0/s1. The van der Waals surface area contributed by atoms with E-state index < -0.39 is 17.9 Å². The maximum absolute atomic E-state index is 13.8. The van der Waals surface area contributed by atoms with E-state index in [0.717, 1.165) is 0 Å². The Bertz CT molecular complexity index is 683. The topological polar surface area (TPSA) is 58.1 Å². The van der Waals surface area contributed by atoms with Gasteiger partial charge in [-0.3, -0.25) is 4.79 Å². The smallest absolute Gasteiger partial charge is 0.254 e. The molecule has 0 bridgehead atoms. The number of carbonyl (C=O) groups is 1. The van der Waals surface area contributed by atoms with E-state index in [2.05, 4.69) is 15.5 Å². The summed E-state index contributed by atoms with van der Waals surface area (Å²) in [6.07, 6.45) is 0.836. The zero-order chi connectivity index (χ0) is 16.2. The van der Waals surface area contributed by atoms with Gasteiger partial charge in [-0.25, -0.2) is 8.78 Å². The lowest BCUT2D eigenvalue weighted by Crippen LogP contribution is -2.40. The highest BCUT2D eigenvalue weighted by atomic mass is 19.1. The molecule has 1 fully saturated rings. The number of rotatable bonds is 4. The minimum absolute atomic E-state index is 0.0200. The first-order valence-corrected chi connectivity index (χ1v) is 7.36. The summed E-state index contributed by atoms with van der Waals surface area (Å²) in [6, 6.07) is 8.99. The van der Waals surface area contributed by atoms with Crippen LogP contribution in [0.3, 0.4) is 0 Å². The molecule has 1 amide bonds. The van der Waals surface area contributed by atoms with Gasteiger partial charge in [-0.1, -0.05) is 12.1 Å². The number of hydrogen-bond donors (Lipinski definition) is 1. The molecular formula is C16H16F2N4O. The van der Waals surface area contributed by atoms with Crippen LogP contribution in [-0.4, -0.2) is 41.4 Å². The fourth-order valence-corrected chi connectivity index (χ4v) is 2.73. The van der Waals surface area contributed by atoms with Crippen LogP contribution in [0.1, 0.15) is 16.8 Å². The third-order valence-corrected chi connectivity index (χ3v) is 3.83. The van der Waals surface area contributed by atoms with Crippen molar-refractivity contribution in [3.8, 4) is 0 Å². The second-order valence-corrected chi connectivity index (χ2v) is 5.41. The number of nitrogens with one attached hydrogen (secondary N) is 1. The van der Waals surface area contributed by atoms with Gasteiger partial charge in [0, 0.05) is 19.2 Å². The van der Waals surface area contributed by atoms with Gasteiger partial charge in [-0.2, -0.15) is 5.10 Å². The number of aromatic nitrogens is 2. The summed E-state index contributed by atoms with van der Waals surface area (Å²) in [7, 11) is 0. The molecule has 1 aromatic heterocycles. The number of anilines is 1. The van der Waals surface area contributed by atoms with Crippen molar-refractivity contribution < 1.29 is 13.6 Å². The molecule has 2 aromatic rings. The van der Waals surface area contributed by atoms with Crippen LogP contribution in [0, 0.1) is 5.82 Å². The van der Waals surface area contributed by atoms with E-state index in [1.807, 2.05) is 0 Å². The molecule has 1 aliphatic heterocycles. The van der Waals surface area contributed by atoms with E-state index in [1.165, 1.54) is 18.2 Å². The molecule has 0 aliphatic carbocycles.